The van der Waals surface area contributed by atoms with Crippen LogP contribution in [0.15, 0.2) is 0 Å². The summed E-state index contributed by atoms with van der Waals surface area (Å²) in [5.41, 5.74) is 5.43. The first-order chi connectivity index (χ1) is 10.2. The highest BCUT2D eigenvalue weighted by Crippen LogP contribution is 1.91. The summed E-state index contributed by atoms with van der Waals surface area (Å²) in [6.07, 6.45) is 0. The minimum Gasteiger partial charge on any atom is -0.480 e. The molecule has 3 unspecified atom stereocenters. The van der Waals surface area contributed by atoms with Crippen LogP contribution in [0.25, 0.3) is 0 Å². The molecule has 0 aliphatic heterocycles. The van der Waals surface area contributed by atoms with Crippen molar-refractivity contribution in [2.45, 2.75) is 25.0 Å². The maximum atomic E-state index is 11.8. The van der Waals surface area contributed by atoms with Crippen LogP contribution in [0.3, 0.4) is 0 Å². The zero-order valence-electron chi connectivity index (χ0n) is 11.9. The van der Waals surface area contributed by atoms with E-state index in [1.807, 2.05) is 5.32 Å². The molecule has 11 heteroatoms. The van der Waals surface area contributed by atoms with Gasteiger partial charge in [0.1, 0.15) is 18.6 Å². The summed E-state index contributed by atoms with van der Waals surface area (Å²) < 4.78 is 0. The molecule has 0 aromatic heterocycles. The van der Waals surface area contributed by atoms with E-state index in [1.165, 1.54) is 6.92 Å². The summed E-state index contributed by atoms with van der Waals surface area (Å²) in [6.45, 7) is -0.00956. The molecule has 3 amide bonds. The van der Waals surface area contributed by atoms with E-state index in [0.717, 1.165) is 0 Å². The Morgan fingerprint density at radius 2 is 1.73 bits per heavy atom. The van der Waals surface area contributed by atoms with Gasteiger partial charge in [-0.15, -0.1) is 0 Å². The van der Waals surface area contributed by atoms with Crippen molar-refractivity contribution in [3.8, 4) is 0 Å². The van der Waals surface area contributed by atoms with Gasteiger partial charge in [0.15, 0.2) is 0 Å². The number of nitrogens with two attached hydrogens (primary N) is 1. The quantitative estimate of drug-likeness (QED) is 0.213. The van der Waals surface area contributed by atoms with E-state index in [1.54, 1.807) is 0 Å². The fraction of sp³-hybridized carbons (Fsp3) is 0.636. The summed E-state index contributed by atoms with van der Waals surface area (Å²) >= 11 is 3.85. The highest BCUT2D eigenvalue weighted by Gasteiger charge is 2.24. The Kier molecular flexibility index (Phi) is 9.13. The number of nitrogens with one attached hydrogen (secondary N) is 3. The normalized spacial score (nSPS) is 14.4. The lowest BCUT2D eigenvalue weighted by Gasteiger charge is -2.20. The summed E-state index contributed by atoms with van der Waals surface area (Å²) in [5.74, 6) is -3.35. The number of aliphatic hydroxyl groups is 1. The van der Waals surface area contributed by atoms with Crippen LogP contribution in [0.1, 0.15) is 6.92 Å². The SMILES string of the molecule is CC(NC(=O)C(N)CS)C(=O)NC(CO)C(=O)NCC(=O)O. The number of hydrogen-bond donors (Lipinski definition) is 7. The lowest BCUT2D eigenvalue weighted by atomic mass is 10.2. The van der Waals surface area contributed by atoms with E-state index in [0.29, 0.717) is 0 Å². The van der Waals surface area contributed by atoms with Gasteiger partial charge in [0.25, 0.3) is 0 Å². The molecule has 0 spiro atoms. The molecule has 0 rings (SSSR count). The van der Waals surface area contributed by atoms with Gasteiger partial charge in [-0.25, -0.2) is 0 Å². The van der Waals surface area contributed by atoms with Crippen molar-refractivity contribution in [3.63, 3.8) is 0 Å². The number of aliphatic hydroxyl groups excluding tert-OH is 1. The molecule has 3 atom stereocenters. The van der Waals surface area contributed by atoms with Crippen LogP contribution in [-0.4, -0.2) is 70.9 Å². The van der Waals surface area contributed by atoms with Crippen molar-refractivity contribution < 1.29 is 29.4 Å². The molecule has 0 heterocycles. The Hall–Kier alpha value is -1.85. The van der Waals surface area contributed by atoms with Crippen molar-refractivity contribution in [3.05, 3.63) is 0 Å². The van der Waals surface area contributed by atoms with E-state index in [-0.39, 0.29) is 5.75 Å². The fourth-order valence-electron chi connectivity index (χ4n) is 1.25. The molecule has 0 aromatic carbocycles. The average Bonchev–Trinajstić information content (AvgIpc) is 2.48. The number of thiol groups is 1. The van der Waals surface area contributed by atoms with Crippen LogP contribution in [0, 0.1) is 0 Å². The van der Waals surface area contributed by atoms with E-state index in [9.17, 15) is 19.2 Å². The maximum absolute atomic E-state index is 11.8. The molecular weight excluding hydrogens is 316 g/mol. The number of hydrogen-bond acceptors (Lipinski definition) is 7. The zero-order chi connectivity index (χ0) is 17.3. The van der Waals surface area contributed by atoms with Crippen LogP contribution in [0.2, 0.25) is 0 Å². The minimum atomic E-state index is -1.33. The summed E-state index contributed by atoms with van der Waals surface area (Å²) in [7, 11) is 0. The van der Waals surface area contributed by atoms with Crippen LogP contribution in [0.4, 0.5) is 0 Å². The third-order valence-electron chi connectivity index (χ3n) is 2.51. The van der Waals surface area contributed by atoms with Gasteiger partial charge in [-0.2, -0.15) is 12.6 Å². The predicted octanol–water partition coefficient (Wildman–Crippen LogP) is -3.57. The number of rotatable bonds is 9. The first-order valence-corrected chi connectivity index (χ1v) is 6.93. The lowest BCUT2D eigenvalue weighted by Crippen LogP contribution is -2.56. The standard InChI is InChI=1S/C11H20N4O6S/c1-5(14-10(20)6(12)4-22)9(19)15-7(3-16)11(21)13-2-8(17)18/h5-7,16,22H,2-4,12H2,1H3,(H,13,21)(H,14,20)(H,15,19)(H,17,18). The van der Waals surface area contributed by atoms with E-state index in [4.69, 9.17) is 15.9 Å². The molecule has 126 valence electrons. The second-order valence-electron chi connectivity index (χ2n) is 4.37. The van der Waals surface area contributed by atoms with Gasteiger partial charge in [0.05, 0.1) is 12.6 Å². The molecule has 7 N–H and O–H groups in total. The highest BCUT2D eigenvalue weighted by atomic mass is 32.1. The second-order valence-corrected chi connectivity index (χ2v) is 4.74. The van der Waals surface area contributed by atoms with Crippen LogP contribution in [0.5, 0.6) is 0 Å². The fourth-order valence-corrected chi connectivity index (χ4v) is 1.41. The lowest BCUT2D eigenvalue weighted by molar-refractivity contribution is -0.138. The Labute approximate surface area is 132 Å². The van der Waals surface area contributed by atoms with Gasteiger partial charge in [-0.1, -0.05) is 0 Å². The number of carboxylic acid groups (broad SMARTS) is 1. The average molecular weight is 336 g/mol. The smallest absolute Gasteiger partial charge is 0.322 e. The van der Waals surface area contributed by atoms with Crippen molar-refractivity contribution in [2.24, 2.45) is 5.73 Å². The van der Waals surface area contributed by atoms with Gasteiger partial charge < -0.3 is 31.9 Å². The Morgan fingerprint density at radius 3 is 2.18 bits per heavy atom. The summed E-state index contributed by atoms with van der Waals surface area (Å²) in [6, 6.07) is -3.21. The van der Waals surface area contributed by atoms with E-state index >= 15 is 0 Å². The number of carbonyl (C=O) groups is 4. The van der Waals surface area contributed by atoms with Crippen molar-refractivity contribution in [1.29, 1.82) is 0 Å². The number of amides is 3. The summed E-state index contributed by atoms with van der Waals surface area (Å²) in [5, 5.41) is 24.0. The molecule has 0 bridgehead atoms. The molecule has 0 aliphatic carbocycles. The van der Waals surface area contributed by atoms with Gasteiger partial charge in [0.2, 0.25) is 17.7 Å². The van der Waals surface area contributed by atoms with E-state index in [2.05, 4.69) is 23.3 Å². The van der Waals surface area contributed by atoms with Crippen molar-refractivity contribution >= 4 is 36.3 Å². The first-order valence-electron chi connectivity index (χ1n) is 6.30. The second kappa shape index (κ2) is 9.97. The molecule has 0 saturated heterocycles. The largest absolute Gasteiger partial charge is 0.480 e. The minimum absolute atomic E-state index is 0.0943. The van der Waals surface area contributed by atoms with Gasteiger partial charge in [0, 0.05) is 5.75 Å². The maximum Gasteiger partial charge on any atom is 0.322 e. The molecule has 10 nitrogen and oxygen atoms in total. The van der Waals surface area contributed by atoms with Crippen LogP contribution >= 0.6 is 12.6 Å². The number of aliphatic carboxylic acids is 1. The van der Waals surface area contributed by atoms with Crippen molar-refractivity contribution in [2.75, 3.05) is 18.9 Å². The molecule has 0 aliphatic rings. The monoisotopic (exact) mass is 336 g/mol. The van der Waals surface area contributed by atoms with Gasteiger partial charge in [-0.05, 0) is 6.92 Å². The zero-order valence-corrected chi connectivity index (χ0v) is 12.8. The highest BCUT2D eigenvalue weighted by molar-refractivity contribution is 7.80. The summed E-state index contributed by atoms with van der Waals surface area (Å²) in [4.78, 5) is 45.2. The molecule has 0 radical (unpaired) electrons. The van der Waals surface area contributed by atoms with E-state index < -0.39 is 55.0 Å². The first kappa shape index (κ1) is 20.1. The molecule has 0 fully saturated rings. The molecule has 22 heavy (non-hydrogen) atoms. The molecular formula is C11H20N4O6S. The number of carboxylic acids is 1. The van der Waals surface area contributed by atoms with Crippen LogP contribution < -0.4 is 21.7 Å². The molecule has 0 saturated carbocycles. The van der Waals surface area contributed by atoms with Crippen LogP contribution in [-0.2, 0) is 19.2 Å². The predicted molar refractivity (Wildman–Crippen MR) is 79.1 cm³/mol. The Morgan fingerprint density at radius 1 is 1.14 bits per heavy atom. The third-order valence-corrected chi connectivity index (χ3v) is 2.91. The third kappa shape index (κ3) is 7.24. The Bertz CT molecular complexity index is 433. The topological polar surface area (TPSA) is 171 Å². The van der Waals surface area contributed by atoms with Crippen molar-refractivity contribution in [1.82, 2.24) is 16.0 Å². The molecule has 0 aromatic rings. The Balaban J connectivity index is 4.49. The van der Waals surface area contributed by atoms with Gasteiger partial charge >= 0.3 is 5.97 Å². The number of carbonyl (C=O) groups excluding carboxylic acids is 3. The van der Waals surface area contributed by atoms with Gasteiger partial charge in [-0.3, -0.25) is 19.2 Å².